The fourth-order valence-corrected chi connectivity index (χ4v) is 2.15. The molecule has 0 unspecified atom stereocenters. The van der Waals surface area contributed by atoms with E-state index in [2.05, 4.69) is 10.2 Å². The molecule has 2 heterocycles. The Hall–Kier alpha value is -1.29. The third-order valence-corrected chi connectivity index (χ3v) is 3.11. The molecule has 0 atom stereocenters. The molecule has 1 aliphatic rings. The molecular formula is C13H20N2O2. The van der Waals surface area contributed by atoms with E-state index >= 15 is 0 Å². The van der Waals surface area contributed by atoms with Crippen LogP contribution in [0.5, 0.6) is 0 Å². The van der Waals surface area contributed by atoms with E-state index in [-0.39, 0.29) is 5.91 Å². The van der Waals surface area contributed by atoms with Crippen molar-refractivity contribution in [3.8, 4) is 0 Å². The van der Waals surface area contributed by atoms with Crippen LogP contribution in [0.2, 0.25) is 0 Å². The minimum Gasteiger partial charge on any atom is -0.467 e. The number of furan rings is 1. The lowest BCUT2D eigenvalue weighted by Gasteiger charge is -2.18. The predicted octanol–water partition coefficient (Wildman–Crippen LogP) is 1.77. The third kappa shape index (κ3) is 4.23. The molecule has 1 fully saturated rings. The fourth-order valence-electron chi connectivity index (χ4n) is 2.15. The molecule has 0 aliphatic carbocycles. The van der Waals surface area contributed by atoms with Crippen molar-refractivity contribution in [3.63, 3.8) is 0 Å². The zero-order chi connectivity index (χ0) is 11.9. The Morgan fingerprint density at radius 2 is 2.06 bits per heavy atom. The Morgan fingerprint density at radius 3 is 2.71 bits per heavy atom. The number of carbonyl (C=O) groups is 1. The molecule has 0 bridgehead atoms. The molecule has 1 aliphatic heterocycles. The minimum absolute atomic E-state index is 0.0864. The Kier molecular flexibility index (Phi) is 4.62. The van der Waals surface area contributed by atoms with Gasteiger partial charge in [0.1, 0.15) is 5.76 Å². The van der Waals surface area contributed by atoms with Crippen molar-refractivity contribution in [1.82, 2.24) is 10.2 Å². The highest BCUT2D eigenvalue weighted by molar-refractivity contribution is 5.77. The number of carbonyl (C=O) groups excluding carboxylic acids is 1. The highest BCUT2D eigenvalue weighted by atomic mass is 16.3. The minimum atomic E-state index is 0.0864. The molecule has 4 nitrogen and oxygen atoms in total. The number of hydrogen-bond acceptors (Lipinski definition) is 3. The maximum Gasteiger partial charge on any atom is 0.234 e. The summed E-state index contributed by atoms with van der Waals surface area (Å²) < 4.78 is 5.17. The first-order valence-electron chi connectivity index (χ1n) is 6.36. The molecular weight excluding hydrogens is 216 g/mol. The molecule has 4 heteroatoms. The van der Waals surface area contributed by atoms with Crippen LogP contribution in [-0.2, 0) is 11.3 Å². The summed E-state index contributed by atoms with van der Waals surface area (Å²) in [6, 6.07) is 3.70. The van der Waals surface area contributed by atoms with Crippen molar-refractivity contribution in [2.75, 3.05) is 19.6 Å². The molecule has 1 amide bonds. The van der Waals surface area contributed by atoms with Gasteiger partial charge in [0.2, 0.25) is 5.91 Å². The average Bonchev–Trinajstić information content (AvgIpc) is 2.72. The molecule has 0 saturated carbocycles. The highest BCUT2D eigenvalue weighted by Crippen LogP contribution is 2.08. The van der Waals surface area contributed by atoms with Crippen LogP contribution in [0.15, 0.2) is 22.8 Å². The maximum absolute atomic E-state index is 11.7. The van der Waals surface area contributed by atoms with Gasteiger partial charge in [0.15, 0.2) is 0 Å². The summed E-state index contributed by atoms with van der Waals surface area (Å²) in [5, 5.41) is 2.88. The van der Waals surface area contributed by atoms with Crippen molar-refractivity contribution >= 4 is 5.91 Å². The van der Waals surface area contributed by atoms with Crippen LogP contribution >= 0.6 is 0 Å². The fraction of sp³-hybridized carbons (Fsp3) is 0.615. The average molecular weight is 236 g/mol. The van der Waals surface area contributed by atoms with E-state index in [1.54, 1.807) is 6.26 Å². The van der Waals surface area contributed by atoms with E-state index in [0.29, 0.717) is 13.1 Å². The molecule has 0 radical (unpaired) electrons. The number of nitrogens with zero attached hydrogens (tertiary/aromatic N) is 1. The molecule has 0 spiro atoms. The van der Waals surface area contributed by atoms with Crippen molar-refractivity contribution in [2.45, 2.75) is 32.2 Å². The summed E-state index contributed by atoms with van der Waals surface area (Å²) in [4.78, 5) is 14.0. The van der Waals surface area contributed by atoms with Crippen molar-refractivity contribution < 1.29 is 9.21 Å². The van der Waals surface area contributed by atoms with Crippen molar-refractivity contribution in [1.29, 1.82) is 0 Å². The first kappa shape index (κ1) is 12.2. The summed E-state index contributed by atoms with van der Waals surface area (Å²) >= 11 is 0. The Morgan fingerprint density at radius 1 is 1.29 bits per heavy atom. The molecule has 1 N–H and O–H groups in total. The number of rotatable bonds is 4. The zero-order valence-corrected chi connectivity index (χ0v) is 10.2. The summed E-state index contributed by atoms with van der Waals surface area (Å²) in [5.41, 5.74) is 0. The topological polar surface area (TPSA) is 45.5 Å². The summed E-state index contributed by atoms with van der Waals surface area (Å²) in [6.07, 6.45) is 6.64. The lowest BCUT2D eigenvalue weighted by Crippen LogP contribution is -2.37. The lowest BCUT2D eigenvalue weighted by atomic mass is 10.2. The van der Waals surface area contributed by atoms with Gasteiger partial charge in [0.05, 0.1) is 19.4 Å². The Labute approximate surface area is 102 Å². The third-order valence-electron chi connectivity index (χ3n) is 3.11. The van der Waals surface area contributed by atoms with Gasteiger partial charge < -0.3 is 9.73 Å². The largest absolute Gasteiger partial charge is 0.467 e. The summed E-state index contributed by atoms with van der Waals surface area (Å²) in [6.45, 7) is 3.10. The van der Waals surface area contributed by atoms with Gasteiger partial charge in [-0.3, -0.25) is 9.69 Å². The quantitative estimate of drug-likeness (QED) is 0.866. The number of likely N-dealkylation sites (tertiary alicyclic amines) is 1. The molecule has 0 aromatic carbocycles. The van der Waals surface area contributed by atoms with Gasteiger partial charge >= 0.3 is 0 Å². The van der Waals surface area contributed by atoms with Gasteiger partial charge in [-0.25, -0.2) is 0 Å². The zero-order valence-electron chi connectivity index (χ0n) is 10.2. The summed E-state index contributed by atoms with van der Waals surface area (Å²) in [5.74, 6) is 0.887. The SMILES string of the molecule is O=C(CN1CCCCCC1)NCc1ccco1. The monoisotopic (exact) mass is 236 g/mol. The predicted molar refractivity (Wildman–Crippen MR) is 65.5 cm³/mol. The van der Waals surface area contributed by atoms with E-state index in [1.165, 1.54) is 25.7 Å². The molecule has 2 rings (SSSR count). The smallest absolute Gasteiger partial charge is 0.234 e. The molecule has 1 aromatic rings. The van der Waals surface area contributed by atoms with Gasteiger partial charge in [-0.05, 0) is 38.1 Å². The Bertz CT molecular complexity index is 327. The van der Waals surface area contributed by atoms with Gasteiger partial charge in [0, 0.05) is 0 Å². The van der Waals surface area contributed by atoms with E-state index in [0.717, 1.165) is 18.8 Å². The Balaban J connectivity index is 1.69. The second-order valence-electron chi connectivity index (χ2n) is 4.55. The van der Waals surface area contributed by atoms with Crippen molar-refractivity contribution in [3.05, 3.63) is 24.2 Å². The number of amides is 1. The summed E-state index contributed by atoms with van der Waals surface area (Å²) in [7, 11) is 0. The van der Waals surface area contributed by atoms with Gasteiger partial charge in [-0.1, -0.05) is 12.8 Å². The molecule has 17 heavy (non-hydrogen) atoms. The van der Waals surface area contributed by atoms with Gasteiger partial charge in [0.25, 0.3) is 0 Å². The van der Waals surface area contributed by atoms with E-state index < -0.39 is 0 Å². The van der Waals surface area contributed by atoms with Crippen LogP contribution in [-0.4, -0.2) is 30.4 Å². The molecule has 1 aromatic heterocycles. The normalized spacial score (nSPS) is 17.6. The van der Waals surface area contributed by atoms with Gasteiger partial charge in [-0.15, -0.1) is 0 Å². The van der Waals surface area contributed by atoms with Crippen LogP contribution < -0.4 is 5.32 Å². The van der Waals surface area contributed by atoms with Crippen LogP contribution in [0.3, 0.4) is 0 Å². The maximum atomic E-state index is 11.7. The van der Waals surface area contributed by atoms with Crippen LogP contribution in [0, 0.1) is 0 Å². The van der Waals surface area contributed by atoms with E-state index in [1.807, 2.05) is 12.1 Å². The first-order chi connectivity index (χ1) is 8.34. The van der Waals surface area contributed by atoms with Crippen molar-refractivity contribution in [2.24, 2.45) is 0 Å². The number of hydrogen-bond donors (Lipinski definition) is 1. The molecule has 94 valence electrons. The van der Waals surface area contributed by atoms with Crippen LogP contribution in [0.25, 0.3) is 0 Å². The number of nitrogens with one attached hydrogen (secondary N) is 1. The van der Waals surface area contributed by atoms with E-state index in [9.17, 15) is 4.79 Å². The van der Waals surface area contributed by atoms with E-state index in [4.69, 9.17) is 4.42 Å². The second-order valence-corrected chi connectivity index (χ2v) is 4.55. The van der Waals surface area contributed by atoms with Crippen LogP contribution in [0.1, 0.15) is 31.4 Å². The standard InChI is InChI=1S/C13H20N2O2/c16-13(14-10-12-6-5-9-17-12)11-15-7-3-1-2-4-8-15/h5-6,9H,1-4,7-8,10-11H2,(H,14,16). The second kappa shape index (κ2) is 6.45. The van der Waals surface area contributed by atoms with Gasteiger partial charge in [-0.2, -0.15) is 0 Å². The van der Waals surface area contributed by atoms with Crippen LogP contribution in [0.4, 0.5) is 0 Å². The highest BCUT2D eigenvalue weighted by Gasteiger charge is 2.12. The lowest BCUT2D eigenvalue weighted by molar-refractivity contribution is -0.122. The molecule has 1 saturated heterocycles. The first-order valence-corrected chi connectivity index (χ1v) is 6.36.